The van der Waals surface area contributed by atoms with Crippen LogP contribution in [0.1, 0.15) is 24.8 Å². The molecule has 0 saturated carbocycles. The average molecular weight is 403 g/mol. The van der Waals surface area contributed by atoms with Gasteiger partial charge in [0.1, 0.15) is 5.75 Å². The standard InChI is InChI=1S/C21H26N2O4S/c1-3-13-22-21(24)19-15-23(28(25,26)16-9-5-4-6-10-16)14-18(19)17-11-7-8-12-20(17)27-2/h4-12,18-19H,3,13-15H2,1-2H3,(H,22,24). The number of sulfonamides is 1. The summed E-state index contributed by atoms with van der Waals surface area (Å²) in [5.74, 6) is -0.198. The zero-order valence-electron chi connectivity index (χ0n) is 16.2. The van der Waals surface area contributed by atoms with Crippen LogP contribution >= 0.6 is 0 Å². The zero-order chi connectivity index (χ0) is 20.1. The van der Waals surface area contributed by atoms with Crippen molar-refractivity contribution in [2.75, 3.05) is 26.7 Å². The van der Waals surface area contributed by atoms with Gasteiger partial charge < -0.3 is 10.1 Å². The van der Waals surface area contributed by atoms with Gasteiger partial charge in [-0.05, 0) is 30.2 Å². The summed E-state index contributed by atoms with van der Waals surface area (Å²) in [6, 6.07) is 15.8. The van der Waals surface area contributed by atoms with Crippen molar-refractivity contribution < 1.29 is 17.9 Å². The van der Waals surface area contributed by atoms with Gasteiger partial charge in [-0.2, -0.15) is 4.31 Å². The molecular weight excluding hydrogens is 376 g/mol. The fraction of sp³-hybridized carbons (Fsp3) is 0.381. The van der Waals surface area contributed by atoms with Gasteiger partial charge in [0.2, 0.25) is 15.9 Å². The molecule has 2 aromatic carbocycles. The molecular formula is C21H26N2O4S. The van der Waals surface area contributed by atoms with Crippen LogP contribution in [0.25, 0.3) is 0 Å². The first-order valence-electron chi connectivity index (χ1n) is 9.44. The Labute approximate surface area is 166 Å². The fourth-order valence-corrected chi connectivity index (χ4v) is 5.15. The van der Waals surface area contributed by atoms with Crippen molar-refractivity contribution in [3.8, 4) is 5.75 Å². The van der Waals surface area contributed by atoms with Gasteiger partial charge in [-0.3, -0.25) is 4.79 Å². The Bertz CT molecular complexity index is 915. The molecule has 1 N–H and O–H groups in total. The van der Waals surface area contributed by atoms with E-state index in [4.69, 9.17) is 4.74 Å². The van der Waals surface area contributed by atoms with Gasteiger partial charge in [0, 0.05) is 25.6 Å². The predicted molar refractivity (Wildman–Crippen MR) is 108 cm³/mol. The summed E-state index contributed by atoms with van der Waals surface area (Å²) in [5, 5.41) is 2.92. The second kappa shape index (κ2) is 8.75. The normalized spacial score (nSPS) is 20.1. The Morgan fingerprint density at radius 2 is 1.79 bits per heavy atom. The number of benzene rings is 2. The van der Waals surface area contributed by atoms with Crippen molar-refractivity contribution in [1.82, 2.24) is 9.62 Å². The SMILES string of the molecule is CCCNC(=O)C1CN(S(=O)(=O)c2ccccc2)CC1c1ccccc1OC. The van der Waals surface area contributed by atoms with E-state index in [1.165, 1.54) is 4.31 Å². The summed E-state index contributed by atoms with van der Waals surface area (Å²) in [7, 11) is -2.09. The van der Waals surface area contributed by atoms with Crippen molar-refractivity contribution in [2.45, 2.75) is 24.2 Å². The Balaban J connectivity index is 1.96. The lowest BCUT2D eigenvalue weighted by molar-refractivity contribution is -0.124. The van der Waals surface area contributed by atoms with E-state index in [2.05, 4.69) is 5.32 Å². The quantitative estimate of drug-likeness (QED) is 0.773. The van der Waals surface area contributed by atoms with Crippen LogP contribution in [-0.4, -0.2) is 45.4 Å². The van der Waals surface area contributed by atoms with Crippen molar-refractivity contribution in [3.63, 3.8) is 0 Å². The highest BCUT2D eigenvalue weighted by atomic mass is 32.2. The van der Waals surface area contributed by atoms with E-state index in [9.17, 15) is 13.2 Å². The number of methoxy groups -OCH3 is 1. The summed E-state index contributed by atoms with van der Waals surface area (Å²) >= 11 is 0. The van der Waals surface area contributed by atoms with Gasteiger partial charge >= 0.3 is 0 Å². The summed E-state index contributed by atoms with van der Waals surface area (Å²) in [6.45, 7) is 2.94. The van der Waals surface area contributed by atoms with Crippen molar-refractivity contribution >= 4 is 15.9 Å². The molecule has 28 heavy (non-hydrogen) atoms. The van der Waals surface area contributed by atoms with Gasteiger partial charge in [-0.1, -0.05) is 43.3 Å². The molecule has 1 amide bonds. The number of nitrogens with zero attached hydrogens (tertiary/aromatic N) is 1. The molecule has 2 unspecified atom stereocenters. The highest BCUT2D eigenvalue weighted by Crippen LogP contribution is 2.39. The number of hydrogen-bond donors (Lipinski definition) is 1. The van der Waals surface area contributed by atoms with E-state index in [1.807, 2.05) is 31.2 Å². The summed E-state index contributed by atoms with van der Waals surface area (Å²) in [5.41, 5.74) is 0.854. The molecule has 0 spiro atoms. The van der Waals surface area contributed by atoms with Crippen LogP contribution < -0.4 is 10.1 Å². The van der Waals surface area contributed by atoms with Crippen molar-refractivity contribution in [2.24, 2.45) is 5.92 Å². The summed E-state index contributed by atoms with van der Waals surface area (Å²) in [4.78, 5) is 13.1. The third-order valence-electron chi connectivity index (χ3n) is 5.09. The summed E-state index contributed by atoms with van der Waals surface area (Å²) < 4.78 is 33.1. The van der Waals surface area contributed by atoms with Crippen LogP contribution in [0.3, 0.4) is 0 Å². The first-order chi connectivity index (χ1) is 13.5. The number of hydrogen-bond acceptors (Lipinski definition) is 4. The van der Waals surface area contributed by atoms with Crippen LogP contribution in [0.15, 0.2) is 59.5 Å². The van der Waals surface area contributed by atoms with E-state index in [0.29, 0.717) is 12.3 Å². The third kappa shape index (κ3) is 4.05. The Kier molecular flexibility index (Phi) is 6.36. The lowest BCUT2D eigenvalue weighted by atomic mass is 9.87. The monoisotopic (exact) mass is 402 g/mol. The second-order valence-electron chi connectivity index (χ2n) is 6.88. The van der Waals surface area contributed by atoms with Crippen molar-refractivity contribution in [3.05, 3.63) is 60.2 Å². The van der Waals surface area contributed by atoms with Gasteiger partial charge in [0.25, 0.3) is 0 Å². The minimum Gasteiger partial charge on any atom is -0.496 e. The number of nitrogens with one attached hydrogen (secondary N) is 1. The molecule has 7 heteroatoms. The van der Waals surface area contributed by atoms with Crippen LogP contribution in [0.5, 0.6) is 5.75 Å². The van der Waals surface area contributed by atoms with Crippen LogP contribution in [0.2, 0.25) is 0 Å². The number of para-hydroxylation sites is 1. The average Bonchev–Trinajstić information content (AvgIpc) is 3.19. The molecule has 150 valence electrons. The van der Waals surface area contributed by atoms with E-state index >= 15 is 0 Å². The molecule has 1 aliphatic heterocycles. The highest BCUT2D eigenvalue weighted by molar-refractivity contribution is 7.89. The molecule has 0 bridgehead atoms. The second-order valence-corrected chi connectivity index (χ2v) is 8.82. The molecule has 1 fully saturated rings. The van der Waals surface area contributed by atoms with Gasteiger partial charge in [-0.25, -0.2) is 8.42 Å². The maximum Gasteiger partial charge on any atom is 0.243 e. The van der Waals surface area contributed by atoms with Crippen molar-refractivity contribution in [1.29, 1.82) is 0 Å². The molecule has 0 aromatic heterocycles. The largest absolute Gasteiger partial charge is 0.496 e. The minimum atomic E-state index is -3.67. The minimum absolute atomic E-state index is 0.122. The van der Waals surface area contributed by atoms with E-state index < -0.39 is 15.9 Å². The maximum atomic E-state index is 13.1. The summed E-state index contributed by atoms with van der Waals surface area (Å²) in [6.07, 6.45) is 0.823. The highest BCUT2D eigenvalue weighted by Gasteiger charge is 2.44. The molecule has 2 atom stereocenters. The number of ether oxygens (including phenoxy) is 1. The van der Waals surface area contributed by atoms with Gasteiger partial charge in [0.15, 0.2) is 0 Å². The smallest absolute Gasteiger partial charge is 0.243 e. The Hall–Kier alpha value is -2.38. The third-order valence-corrected chi connectivity index (χ3v) is 6.94. The first kappa shape index (κ1) is 20.4. The Morgan fingerprint density at radius 3 is 2.46 bits per heavy atom. The fourth-order valence-electron chi connectivity index (χ4n) is 3.64. The van der Waals surface area contributed by atoms with E-state index in [-0.39, 0.29) is 29.8 Å². The van der Waals surface area contributed by atoms with Crippen LogP contribution in [-0.2, 0) is 14.8 Å². The van der Waals surface area contributed by atoms with Gasteiger partial charge in [-0.15, -0.1) is 0 Å². The predicted octanol–water partition coefficient (Wildman–Crippen LogP) is 2.63. The molecule has 3 rings (SSSR count). The van der Waals surface area contributed by atoms with Crippen LogP contribution in [0, 0.1) is 5.92 Å². The molecule has 6 nitrogen and oxygen atoms in total. The molecule has 1 aliphatic rings. The molecule has 2 aromatic rings. The molecule has 1 heterocycles. The topological polar surface area (TPSA) is 75.7 Å². The molecule has 0 radical (unpaired) electrons. The first-order valence-corrected chi connectivity index (χ1v) is 10.9. The number of rotatable bonds is 7. The maximum absolute atomic E-state index is 13.1. The molecule has 0 aliphatic carbocycles. The lowest BCUT2D eigenvalue weighted by Crippen LogP contribution is -2.36. The zero-order valence-corrected chi connectivity index (χ0v) is 17.0. The van der Waals surface area contributed by atoms with E-state index in [0.717, 1.165) is 12.0 Å². The number of amides is 1. The lowest BCUT2D eigenvalue weighted by Gasteiger charge is -2.20. The molecule has 1 saturated heterocycles. The Morgan fingerprint density at radius 1 is 1.11 bits per heavy atom. The number of carbonyl (C=O) groups excluding carboxylic acids is 1. The number of carbonyl (C=O) groups is 1. The van der Waals surface area contributed by atoms with Gasteiger partial charge in [0.05, 0.1) is 17.9 Å². The van der Waals surface area contributed by atoms with E-state index in [1.54, 1.807) is 37.4 Å². The van der Waals surface area contributed by atoms with Crippen LogP contribution in [0.4, 0.5) is 0 Å².